The maximum Gasteiger partial charge on any atom is 0.289 e. The van der Waals surface area contributed by atoms with Gasteiger partial charge in [0.05, 0.1) is 13.2 Å². The molecule has 1 saturated heterocycles. The highest BCUT2D eigenvalue weighted by Crippen LogP contribution is 2.42. The van der Waals surface area contributed by atoms with Gasteiger partial charge in [0.2, 0.25) is 11.7 Å². The lowest BCUT2D eigenvalue weighted by Crippen LogP contribution is -2.54. The molecule has 3 aliphatic rings. The van der Waals surface area contributed by atoms with Crippen LogP contribution in [0.25, 0.3) is 0 Å². The number of hydrogen-bond donors (Lipinski definition) is 2. The molecule has 0 saturated carbocycles. The van der Waals surface area contributed by atoms with Crippen molar-refractivity contribution in [2.75, 3.05) is 59.2 Å². The molecule has 2 amide bonds. The van der Waals surface area contributed by atoms with Crippen molar-refractivity contribution in [2.24, 2.45) is 0 Å². The van der Waals surface area contributed by atoms with E-state index in [2.05, 4.69) is 15.5 Å². The van der Waals surface area contributed by atoms with E-state index in [1.165, 1.54) is 11.9 Å². The van der Waals surface area contributed by atoms with E-state index in [1.807, 2.05) is 53.7 Å². The van der Waals surface area contributed by atoms with Gasteiger partial charge in [0.1, 0.15) is 25.3 Å². The molecule has 0 aliphatic carbocycles. The lowest BCUT2D eigenvalue weighted by Gasteiger charge is -2.35. The first kappa shape index (κ1) is 29.4. The van der Waals surface area contributed by atoms with Gasteiger partial charge in [-0.2, -0.15) is 0 Å². The minimum absolute atomic E-state index is 0.230. The molecule has 3 aliphatic heterocycles. The van der Waals surface area contributed by atoms with Crippen molar-refractivity contribution in [3.8, 4) is 11.5 Å². The van der Waals surface area contributed by atoms with Crippen LogP contribution in [0.15, 0.2) is 47.4 Å². The third-order valence-electron chi connectivity index (χ3n) is 7.50. The third-order valence-corrected chi connectivity index (χ3v) is 8.82. The van der Waals surface area contributed by atoms with E-state index in [1.54, 1.807) is 0 Å². The van der Waals surface area contributed by atoms with Crippen molar-refractivity contribution in [1.29, 1.82) is 0 Å². The molecule has 0 bridgehead atoms. The van der Waals surface area contributed by atoms with E-state index in [0.717, 1.165) is 55.3 Å². The highest BCUT2D eigenvalue weighted by molar-refractivity contribution is 7.97. The summed E-state index contributed by atoms with van der Waals surface area (Å²) in [7, 11) is 0. The molecule has 1 fully saturated rings. The number of benzene rings is 2. The van der Waals surface area contributed by atoms with Crippen molar-refractivity contribution in [3.63, 3.8) is 0 Å². The second-order valence-corrected chi connectivity index (χ2v) is 11.4. The number of amides is 2. The highest BCUT2D eigenvalue weighted by Gasteiger charge is 2.36. The Kier molecular flexibility index (Phi) is 10.2. The summed E-state index contributed by atoms with van der Waals surface area (Å²) < 4.78 is 18.9. The molecular formula is C30H38N4O6S. The van der Waals surface area contributed by atoms with Crippen LogP contribution in [0, 0.1) is 0 Å². The van der Waals surface area contributed by atoms with Gasteiger partial charge in [-0.3, -0.25) is 19.3 Å². The molecule has 5 rings (SSSR count). The summed E-state index contributed by atoms with van der Waals surface area (Å²) in [6.07, 6.45) is 1.42. The van der Waals surface area contributed by atoms with Gasteiger partial charge in [-0.05, 0) is 54.6 Å². The van der Waals surface area contributed by atoms with Crippen molar-refractivity contribution in [3.05, 3.63) is 53.6 Å². The zero-order chi connectivity index (χ0) is 28.6. The van der Waals surface area contributed by atoms with E-state index in [0.29, 0.717) is 44.2 Å². The molecule has 220 valence electrons. The molecule has 0 radical (unpaired) electrons. The Hall–Kier alpha value is -3.12. The number of carbonyl (C=O) groups excluding carboxylic acids is 3. The largest absolute Gasteiger partial charge is 0.486 e. The Morgan fingerprint density at radius 1 is 1.02 bits per heavy atom. The number of rotatable bonds is 11. The smallest absolute Gasteiger partial charge is 0.289 e. The summed E-state index contributed by atoms with van der Waals surface area (Å²) >= 11 is 1.50. The Labute approximate surface area is 245 Å². The number of nitrogens with one attached hydrogen (secondary N) is 2. The van der Waals surface area contributed by atoms with Gasteiger partial charge in [-0.1, -0.05) is 37.3 Å². The average molecular weight is 583 g/mol. The number of Topliss-reactive ketones (excluding diaryl/α,β-unsaturated/α-hetero) is 1. The van der Waals surface area contributed by atoms with Crippen molar-refractivity contribution in [1.82, 2.24) is 19.8 Å². The van der Waals surface area contributed by atoms with Crippen LogP contribution in [0.2, 0.25) is 0 Å². The number of likely N-dealkylation sites (N-methyl/N-ethyl adjacent to an activating group) is 1. The second kappa shape index (κ2) is 14.2. The van der Waals surface area contributed by atoms with E-state index in [4.69, 9.17) is 14.2 Å². The Bertz CT molecular complexity index is 1220. The number of ether oxygens (including phenoxy) is 3. The van der Waals surface area contributed by atoms with Crippen LogP contribution < -0.4 is 20.1 Å². The van der Waals surface area contributed by atoms with Gasteiger partial charge < -0.3 is 24.8 Å². The normalized spacial score (nSPS) is 19.6. The van der Waals surface area contributed by atoms with Crippen LogP contribution in [0.5, 0.6) is 11.5 Å². The Morgan fingerprint density at radius 3 is 2.49 bits per heavy atom. The molecule has 2 atom stereocenters. The van der Waals surface area contributed by atoms with Gasteiger partial charge in [0.15, 0.2) is 11.5 Å². The number of carbonyl (C=O) groups is 3. The third kappa shape index (κ3) is 7.59. The molecule has 2 unspecified atom stereocenters. The summed E-state index contributed by atoms with van der Waals surface area (Å²) in [5.74, 6) is -0.199. The fourth-order valence-electron chi connectivity index (χ4n) is 5.27. The molecule has 41 heavy (non-hydrogen) atoms. The van der Waals surface area contributed by atoms with Gasteiger partial charge in [0.25, 0.3) is 5.91 Å². The summed E-state index contributed by atoms with van der Waals surface area (Å²) in [5, 5.41) is 5.70. The van der Waals surface area contributed by atoms with Crippen LogP contribution in [-0.2, 0) is 32.0 Å². The van der Waals surface area contributed by atoms with Crippen LogP contribution in [0.3, 0.4) is 0 Å². The predicted molar refractivity (Wildman–Crippen MR) is 155 cm³/mol. The summed E-state index contributed by atoms with van der Waals surface area (Å²) in [6, 6.07) is 11.9. The first-order valence-corrected chi connectivity index (χ1v) is 15.1. The lowest BCUT2D eigenvalue weighted by molar-refractivity contribution is -0.140. The maximum absolute atomic E-state index is 13.7. The van der Waals surface area contributed by atoms with Crippen molar-refractivity contribution < 1.29 is 28.6 Å². The van der Waals surface area contributed by atoms with Crippen LogP contribution in [0.4, 0.5) is 0 Å². The standard InChI is InChI=1S/C30H38N4O6S/c1-2-34-24(18-22-19-25-26(20-27(22)41-34)40-16-15-39-25)29(36)32-23(17-21-7-4-3-5-8-21)28(35)30(37)31-9-6-10-33-11-13-38-14-12-33/h3-5,7-8,19-20,23-24H,2,6,9-18H2,1H3,(H,31,37)(H,32,36). The fraction of sp³-hybridized carbons (Fsp3) is 0.500. The zero-order valence-corrected chi connectivity index (χ0v) is 24.3. The first-order valence-electron chi connectivity index (χ1n) is 14.4. The molecule has 0 aromatic heterocycles. The second-order valence-electron chi connectivity index (χ2n) is 10.3. The summed E-state index contributed by atoms with van der Waals surface area (Å²) in [5.41, 5.74) is 1.86. The predicted octanol–water partition coefficient (Wildman–Crippen LogP) is 1.85. The minimum Gasteiger partial charge on any atom is -0.486 e. The molecular weight excluding hydrogens is 544 g/mol. The Morgan fingerprint density at radius 2 is 1.76 bits per heavy atom. The summed E-state index contributed by atoms with van der Waals surface area (Å²) in [6.45, 7) is 8.03. The van der Waals surface area contributed by atoms with Gasteiger partial charge in [-0.25, -0.2) is 4.31 Å². The van der Waals surface area contributed by atoms with Crippen LogP contribution >= 0.6 is 11.9 Å². The van der Waals surface area contributed by atoms with Gasteiger partial charge in [0, 0.05) is 37.5 Å². The van der Waals surface area contributed by atoms with Crippen LogP contribution in [-0.4, -0.2) is 98.0 Å². The van der Waals surface area contributed by atoms with E-state index in [9.17, 15) is 14.4 Å². The number of morpholine rings is 1. The topological polar surface area (TPSA) is 109 Å². The summed E-state index contributed by atoms with van der Waals surface area (Å²) in [4.78, 5) is 43.3. The number of ketones is 1. The molecule has 3 heterocycles. The lowest BCUT2D eigenvalue weighted by atomic mass is 9.99. The zero-order valence-electron chi connectivity index (χ0n) is 23.4. The SMILES string of the molecule is CCN1Sc2cc3c(cc2CC1C(=O)NC(Cc1ccccc1)C(=O)C(=O)NCCCN1CCOCC1)OCCO3. The molecule has 10 nitrogen and oxygen atoms in total. The van der Waals surface area contributed by atoms with E-state index >= 15 is 0 Å². The van der Waals surface area contributed by atoms with Crippen LogP contribution in [0.1, 0.15) is 24.5 Å². The van der Waals surface area contributed by atoms with E-state index < -0.39 is 23.8 Å². The molecule has 2 aromatic carbocycles. The van der Waals surface area contributed by atoms with E-state index in [-0.39, 0.29) is 12.3 Å². The Balaban J connectivity index is 1.24. The number of nitrogens with zero attached hydrogens (tertiary/aromatic N) is 2. The van der Waals surface area contributed by atoms with Crippen molar-refractivity contribution in [2.45, 2.75) is 43.2 Å². The average Bonchev–Trinajstić information content (AvgIpc) is 3.01. The van der Waals surface area contributed by atoms with Gasteiger partial charge in [-0.15, -0.1) is 0 Å². The molecule has 2 aromatic rings. The fourth-order valence-corrected chi connectivity index (χ4v) is 6.37. The molecule has 11 heteroatoms. The van der Waals surface area contributed by atoms with Crippen molar-refractivity contribution >= 4 is 29.5 Å². The minimum atomic E-state index is -0.977. The highest BCUT2D eigenvalue weighted by atomic mass is 32.2. The van der Waals surface area contributed by atoms with Gasteiger partial charge >= 0.3 is 0 Å². The molecule has 0 spiro atoms. The number of hydrogen-bond acceptors (Lipinski definition) is 9. The maximum atomic E-state index is 13.7. The quantitative estimate of drug-likeness (QED) is 0.233. The molecule has 2 N–H and O–H groups in total. The monoisotopic (exact) mass is 582 g/mol. The number of fused-ring (bicyclic) bond motifs is 2. The first-order chi connectivity index (χ1) is 20.0.